The van der Waals surface area contributed by atoms with Crippen molar-refractivity contribution in [2.24, 2.45) is 7.05 Å². The van der Waals surface area contributed by atoms with Gasteiger partial charge in [-0.05, 0) is 20.8 Å². The number of carbonyl (C=O) groups is 1. The van der Waals surface area contributed by atoms with Crippen molar-refractivity contribution in [3.05, 3.63) is 17.5 Å². The van der Waals surface area contributed by atoms with Gasteiger partial charge < -0.3 is 15.2 Å². The standard InChI is InChI=1S/C14H20N4O3/c1-5-21-7-8(2)16-12-10(14(19)20)6-15-13-11(12)9(3)17-18(13)4/h6,8H,5,7H2,1-4H3,(H,15,16)(H,19,20). The Hall–Kier alpha value is -2.15. The molecule has 2 N–H and O–H groups in total. The van der Waals surface area contributed by atoms with Crippen molar-refractivity contribution in [2.75, 3.05) is 18.5 Å². The minimum absolute atomic E-state index is 0.0201. The number of ether oxygens (including phenoxy) is 1. The highest BCUT2D eigenvalue weighted by molar-refractivity contribution is 6.04. The molecule has 1 unspecified atom stereocenters. The molecule has 0 saturated carbocycles. The lowest BCUT2D eigenvalue weighted by molar-refractivity contribution is 0.0697. The Morgan fingerprint density at radius 3 is 2.90 bits per heavy atom. The van der Waals surface area contributed by atoms with Crippen molar-refractivity contribution in [1.29, 1.82) is 0 Å². The van der Waals surface area contributed by atoms with Gasteiger partial charge in [0, 0.05) is 25.9 Å². The van der Waals surface area contributed by atoms with Gasteiger partial charge in [-0.3, -0.25) is 4.68 Å². The highest BCUT2D eigenvalue weighted by Crippen LogP contribution is 2.29. The number of hydrogen-bond acceptors (Lipinski definition) is 5. The van der Waals surface area contributed by atoms with Crippen molar-refractivity contribution in [1.82, 2.24) is 14.8 Å². The van der Waals surface area contributed by atoms with E-state index in [4.69, 9.17) is 4.74 Å². The smallest absolute Gasteiger partial charge is 0.339 e. The Balaban J connectivity index is 2.51. The van der Waals surface area contributed by atoms with Crippen LogP contribution in [0.1, 0.15) is 29.9 Å². The molecular weight excluding hydrogens is 272 g/mol. The minimum atomic E-state index is -1.02. The molecule has 0 amide bonds. The van der Waals surface area contributed by atoms with Gasteiger partial charge in [0.15, 0.2) is 5.65 Å². The molecule has 0 spiro atoms. The third-order valence-electron chi connectivity index (χ3n) is 3.22. The Morgan fingerprint density at radius 2 is 2.29 bits per heavy atom. The second-order valence-electron chi connectivity index (χ2n) is 4.96. The van der Waals surface area contributed by atoms with Gasteiger partial charge in [0.1, 0.15) is 5.56 Å². The number of carboxylic acid groups (broad SMARTS) is 1. The summed E-state index contributed by atoms with van der Waals surface area (Å²) in [5, 5.41) is 17.6. The number of fused-ring (bicyclic) bond motifs is 1. The van der Waals surface area contributed by atoms with Gasteiger partial charge in [-0.2, -0.15) is 5.10 Å². The first-order chi connectivity index (χ1) is 9.95. The molecule has 7 nitrogen and oxygen atoms in total. The number of hydrogen-bond donors (Lipinski definition) is 2. The number of pyridine rings is 1. The van der Waals surface area contributed by atoms with Crippen LogP contribution in [0.4, 0.5) is 5.69 Å². The molecule has 0 radical (unpaired) electrons. The molecule has 114 valence electrons. The second kappa shape index (κ2) is 6.09. The lowest BCUT2D eigenvalue weighted by Crippen LogP contribution is -2.23. The molecule has 0 aromatic carbocycles. The average Bonchev–Trinajstić information content (AvgIpc) is 2.72. The molecule has 21 heavy (non-hydrogen) atoms. The minimum Gasteiger partial charge on any atom is -0.478 e. The van der Waals surface area contributed by atoms with Crippen LogP contribution < -0.4 is 5.32 Å². The quantitative estimate of drug-likeness (QED) is 0.844. The van der Waals surface area contributed by atoms with E-state index in [1.54, 1.807) is 11.7 Å². The zero-order valence-corrected chi connectivity index (χ0v) is 12.7. The van der Waals surface area contributed by atoms with E-state index in [0.29, 0.717) is 24.5 Å². The molecule has 1 atom stereocenters. The number of carboxylic acids is 1. The fraction of sp³-hybridized carbons (Fsp3) is 0.500. The summed E-state index contributed by atoms with van der Waals surface area (Å²) in [4.78, 5) is 15.6. The number of nitrogens with one attached hydrogen (secondary N) is 1. The van der Waals surface area contributed by atoms with Crippen LogP contribution in [0.2, 0.25) is 0 Å². The molecule has 0 fully saturated rings. The summed E-state index contributed by atoms with van der Waals surface area (Å²) in [6.07, 6.45) is 1.36. The van der Waals surface area contributed by atoms with E-state index in [9.17, 15) is 9.90 Å². The summed E-state index contributed by atoms with van der Waals surface area (Å²) in [7, 11) is 1.79. The molecule has 0 aliphatic carbocycles. The maximum atomic E-state index is 11.4. The van der Waals surface area contributed by atoms with Gasteiger partial charge >= 0.3 is 5.97 Å². The second-order valence-corrected chi connectivity index (χ2v) is 4.96. The van der Waals surface area contributed by atoms with Crippen molar-refractivity contribution in [3.8, 4) is 0 Å². The third-order valence-corrected chi connectivity index (χ3v) is 3.22. The van der Waals surface area contributed by atoms with Crippen molar-refractivity contribution >= 4 is 22.7 Å². The lowest BCUT2D eigenvalue weighted by Gasteiger charge is -2.17. The Bertz CT molecular complexity index is 666. The summed E-state index contributed by atoms with van der Waals surface area (Å²) >= 11 is 0. The van der Waals surface area contributed by atoms with E-state index >= 15 is 0 Å². The summed E-state index contributed by atoms with van der Waals surface area (Å²) in [5.41, 5.74) is 2.09. The number of aryl methyl sites for hydroxylation is 2. The van der Waals surface area contributed by atoms with Crippen LogP contribution >= 0.6 is 0 Å². The van der Waals surface area contributed by atoms with Crippen molar-refractivity contribution < 1.29 is 14.6 Å². The van der Waals surface area contributed by atoms with E-state index in [1.807, 2.05) is 20.8 Å². The van der Waals surface area contributed by atoms with Gasteiger partial charge in [0.05, 0.1) is 23.4 Å². The fourth-order valence-corrected chi connectivity index (χ4v) is 2.31. The molecule has 2 rings (SSSR count). The molecule has 2 aromatic rings. The van der Waals surface area contributed by atoms with Crippen LogP contribution in [-0.2, 0) is 11.8 Å². The number of aromatic nitrogens is 3. The maximum Gasteiger partial charge on any atom is 0.339 e. The van der Waals surface area contributed by atoms with Gasteiger partial charge in [-0.25, -0.2) is 9.78 Å². The fourth-order valence-electron chi connectivity index (χ4n) is 2.31. The first kappa shape index (κ1) is 15.2. The predicted molar refractivity (Wildman–Crippen MR) is 79.8 cm³/mol. The Kier molecular flexibility index (Phi) is 4.42. The van der Waals surface area contributed by atoms with Gasteiger partial charge in [0.2, 0.25) is 0 Å². The summed E-state index contributed by atoms with van der Waals surface area (Å²) in [6, 6.07) is -0.0201. The Morgan fingerprint density at radius 1 is 1.57 bits per heavy atom. The maximum absolute atomic E-state index is 11.4. The van der Waals surface area contributed by atoms with Crippen LogP contribution in [0.15, 0.2) is 6.20 Å². The van der Waals surface area contributed by atoms with E-state index in [-0.39, 0.29) is 11.6 Å². The molecule has 7 heteroatoms. The average molecular weight is 292 g/mol. The van der Waals surface area contributed by atoms with Crippen LogP contribution in [0.25, 0.3) is 11.0 Å². The predicted octanol–water partition coefficient (Wildman–Crippen LogP) is 1.81. The molecule has 0 bridgehead atoms. The monoisotopic (exact) mass is 292 g/mol. The first-order valence-corrected chi connectivity index (χ1v) is 6.85. The summed E-state index contributed by atoms with van der Waals surface area (Å²) in [6.45, 7) is 6.83. The first-order valence-electron chi connectivity index (χ1n) is 6.85. The number of rotatable bonds is 6. The molecular formula is C14H20N4O3. The Labute approximate surface area is 122 Å². The van der Waals surface area contributed by atoms with Crippen LogP contribution in [0.3, 0.4) is 0 Å². The normalized spacial score (nSPS) is 12.6. The largest absolute Gasteiger partial charge is 0.478 e. The van der Waals surface area contributed by atoms with Crippen LogP contribution in [0, 0.1) is 6.92 Å². The van der Waals surface area contributed by atoms with Gasteiger partial charge in [-0.1, -0.05) is 0 Å². The molecule has 0 aliphatic heterocycles. The topological polar surface area (TPSA) is 89.3 Å². The van der Waals surface area contributed by atoms with E-state index < -0.39 is 5.97 Å². The van der Waals surface area contributed by atoms with Crippen molar-refractivity contribution in [3.63, 3.8) is 0 Å². The highest BCUT2D eigenvalue weighted by atomic mass is 16.5. The van der Waals surface area contributed by atoms with E-state index in [1.165, 1.54) is 6.20 Å². The molecule has 0 aliphatic rings. The van der Waals surface area contributed by atoms with E-state index in [0.717, 1.165) is 11.1 Å². The lowest BCUT2D eigenvalue weighted by atomic mass is 10.1. The highest BCUT2D eigenvalue weighted by Gasteiger charge is 2.20. The molecule has 0 saturated heterocycles. The van der Waals surface area contributed by atoms with Crippen LogP contribution in [-0.4, -0.2) is 45.1 Å². The molecule has 2 aromatic heterocycles. The van der Waals surface area contributed by atoms with Gasteiger partial charge in [0.25, 0.3) is 0 Å². The number of nitrogens with zero attached hydrogens (tertiary/aromatic N) is 3. The zero-order valence-electron chi connectivity index (χ0n) is 12.7. The number of anilines is 1. The SMILES string of the molecule is CCOCC(C)Nc1c(C(=O)O)cnc2c1c(C)nn2C. The van der Waals surface area contributed by atoms with Crippen LogP contribution in [0.5, 0.6) is 0 Å². The van der Waals surface area contributed by atoms with Crippen molar-refractivity contribution in [2.45, 2.75) is 26.8 Å². The molecule has 2 heterocycles. The van der Waals surface area contributed by atoms with E-state index in [2.05, 4.69) is 15.4 Å². The summed E-state index contributed by atoms with van der Waals surface area (Å²) < 4.78 is 7.02. The third kappa shape index (κ3) is 2.97. The van der Waals surface area contributed by atoms with Gasteiger partial charge in [-0.15, -0.1) is 0 Å². The number of aromatic carboxylic acids is 1. The summed E-state index contributed by atoms with van der Waals surface area (Å²) in [5.74, 6) is -1.02. The zero-order chi connectivity index (χ0) is 15.6.